The van der Waals surface area contributed by atoms with Gasteiger partial charge in [-0.25, -0.2) is 0 Å². The van der Waals surface area contributed by atoms with Crippen molar-refractivity contribution in [2.24, 2.45) is 5.73 Å². The second-order valence-electron chi connectivity index (χ2n) is 5.61. The molecule has 1 saturated carbocycles. The Bertz CT molecular complexity index is 570. The van der Waals surface area contributed by atoms with E-state index < -0.39 is 40.6 Å². The lowest BCUT2D eigenvalue weighted by atomic mass is 9.97. The van der Waals surface area contributed by atoms with Gasteiger partial charge in [0, 0.05) is 5.69 Å². The molecule has 1 aliphatic rings. The van der Waals surface area contributed by atoms with Gasteiger partial charge in [0.05, 0.1) is 16.7 Å². The number of carbonyl (C=O) groups excluding carboxylic acids is 1. The van der Waals surface area contributed by atoms with Crippen LogP contribution >= 0.6 is 0 Å². The van der Waals surface area contributed by atoms with Crippen molar-refractivity contribution in [3.8, 4) is 0 Å². The summed E-state index contributed by atoms with van der Waals surface area (Å²) in [6, 6.07) is 0.931. The van der Waals surface area contributed by atoms with E-state index in [0.29, 0.717) is 37.8 Å². The van der Waals surface area contributed by atoms with Crippen molar-refractivity contribution >= 4 is 11.6 Å². The van der Waals surface area contributed by atoms with Gasteiger partial charge in [-0.15, -0.1) is 0 Å². The van der Waals surface area contributed by atoms with Gasteiger partial charge in [0.15, 0.2) is 0 Å². The molecule has 0 atom stereocenters. The maximum atomic E-state index is 12.7. The third-order valence-electron chi connectivity index (χ3n) is 3.79. The summed E-state index contributed by atoms with van der Waals surface area (Å²) < 4.78 is 76.5. The first kappa shape index (κ1) is 17.6. The van der Waals surface area contributed by atoms with Crippen LogP contribution in [-0.4, -0.2) is 11.4 Å². The first-order chi connectivity index (χ1) is 10.4. The van der Waals surface area contributed by atoms with Crippen LogP contribution in [-0.2, 0) is 17.1 Å². The Kier molecular flexibility index (Phi) is 4.36. The van der Waals surface area contributed by atoms with Gasteiger partial charge in [-0.05, 0) is 31.0 Å². The molecular formula is C14H14F6N2O. The lowest BCUT2D eigenvalue weighted by Crippen LogP contribution is -2.48. The zero-order valence-electron chi connectivity index (χ0n) is 11.8. The van der Waals surface area contributed by atoms with Gasteiger partial charge in [0.1, 0.15) is 0 Å². The van der Waals surface area contributed by atoms with Crippen molar-refractivity contribution in [2.75, 3.05) is 5.32 Å². The molecule has 128 valence electrons. The largest absolute Gasteiger partial charge is 0.416 e. The van der Waals surface area contributed by atoms with Crippen molar-refractivity contribution in [1.82, 2.24) is 0 Å². The minimum absolute atomic E-state index is 0.00341. The molecule has 0 spiro atoms. The van der Waals surface area contributed by atoms with E-state index in [1.807, 2.05) is 0 Å². The molecule has 0 bridgehead atoms. The lowest BCUT2D eigenvalue weighted by molar-refractivity contribution is -0.143. The highest BCUT2D eigenvalue weighted by Gasteiger charge is 2.39. The van der Waals surface area contributed by atoms with Crippen LogP contribution in [0.2, 0.25) is 0 Å². The number of benzene rings is 1. The molecule has 0 heterocycles. The predicted molar refractivity (Wildman–Crippen MR) is 70.5 cm³/mol. The van der Waals surface area contributed by atoms with Gasteiger partial charge in [0.2, 0.25) is 5.91 Å². The molecule has 0 aliphatic heterocycles. The third kappa shape index (κ3) is 3.95. The fourth-order valence-corrected chi connectivity index (χ4v) is 2.52. The third-order valence-corrected chi connectivity index (χ3v) is 3.79. The van der Waals surface area contributed by atoms with Crippen LogP contribution < -0.4 is 11.1 Å². The molecule has 9 heteroatoms. The Hall–Kier alpha value is -1.77. The Balaban J connectivity index is 2.36. The van der Waals surface area contributed by atoms with Gasteiger partial charge < -0.3 is 11.1 Å². The fourth-order valence-electron chi connectivity index (χ4n) is 2.52. The number of nitrogens with one attached hydrogen (secondary N) is 1. The number of rotatable bonds is 2. The van der Waals surface area contributed by atoms with Crippen LogP contribution in [0.15, 0.2) is 18.2 Å². The maximum absolute atomic E-state index is 12.7. The summed E-state index contributed by atoms with van der Waals surface area (Å²) in [4.78, 5) is 12.1. The van der Waals surface area contributed by atoms with Crippen molar-refractivity contribution < 1.29 is 31.1 Å². The van der Waals surface area contributed by atoms with E-state index in [2.05, 4.69) is 5.32 Å². The number of hydrogen-bond acceptors (Lipinski definition) is 2. The molecule has 1 aromatic carbocycles. The van der Waals surface area contributed by atoms with Crippen molar-refractivity contribution in [3.63, 3.8) is 0 Å². The van der Waals surface area contributed by atoms with Crippen LogP contribution in [0.3, 0.4) is 0 Å². The second-order valence-corrected chi connectivity index (χ2v) is 5.61. The molecule has 1 aliphatic carbocycles. The standard InChI is InChI=1S/C14H14F6N2O/c15-13(16,17)8-5-9(14(18,19)20)7-10(6-8)22-11(23)12(21)3-1-2-4-12/h5-7H,1-4,21H2,(H,22,23). The minimum atomic E-state index is -4.96. The number of anilines is 1. The van der Waals surface area contributed by atoms with E-state index in [1.165, 1.54) is 0 Å². The molecule has 1 amide bonds. The Morgan fingerprint density at radius 1 is 0.957 bits per heavy atom. The van der Waals surface area contributed by atoms with Crippen molar-refractivity contribution in [1.29, 1.82) is 0 Å². The van der Waals surface area contributed by atoms with E-state index in [9.17, 15) is 31.1 Å². The smallest absolute Gasteiger partial charge is 0.324 e. The summed E-state index contributed by atoms with van der Waals surface area (Å²) in [5.41, 5.74) is 1.04. The number of amides is 1. The average Bonchev–Trinajstić information content (AvgIpc) is 2.84. The quantitative estimate of drug-likeness (QED) is 0.802. The molecule has 0 saturated heterocycles. The summed E-state index contributed by atoms with van der Waals surface area (Å²) in [5, 5.41) is 2.09. The van der Waals surface area contributed by atoms with Crippen LogP contribution in [0.4, 0.5) is 32.0 Å². The van der Waals surface area contributed by atoms with E-state index in [0.717, 1.165) is 0 Å². The average molecular weight is 340 g/mol. The summed E-state index contributed by atoms with van der Waals surface area (Å²) >= 11 is 0. The van der Waals surface area contributed by atoms with Crippen molar-refractivity contribution in [3.05, 3.63) is 29.3 Å². The number of hydrogen-bond donors (Lipinski definition) is 2. The van der Waals surface area contributed by atoms with Crippen LogP contribution in [0.5, 0.6) is 0 Å². The van der Waals surface area contributed by atoms with Gasteiger partial charge in [-0.3, -0.25) is 4.79 Å². The second kappa shape index (κ2) is 5.70. The molecule has 0 unspecified atom stereocenters. The summed E-state index contributed by atoms with van der Waals surface area (Å²) in [6.45, 7) is 0. The molecule has 1 fully saturated rings. The molecule has 1 aromatic rings. The van der Waals surface area contributed by atoms with Gasteiger partial charge in [-0.1, -0.05) is 12.8 Å². The Morgan fingerprint density at radius 2 is 1.39 bits per heavy atom. The SMILES string of the molecule is NC1(C(=O)Nc2cc(C(F)(F)F)cc(C(F)(F)F)c2)CCCC1. The zero-order valence-corrected chi connectivity index (χ0v) is 11.8. The number of halogens is 6. The van der Waals surface area contributed by atoms with E-state index >= 15 is 0 Å². The highest BCUT2D eigenvalue weighted by molar-refractivity contribution is 5.98. The van der Waals surface area contributed by atoms with Crippen molar-refractivity contribution in [2.45, 2.75) is 43.6 Å². The maximum Gasteiger partial charge on any atom is 0.416 e. The van der Waals surface area contributed by atoms with E-state index in [4.69, 9.17) is 5.73 Å². The minimum Gasteiger partial charge on any atom is -0.324 e. The zero-order chi connectivity index (χ0) is 17.5. The normalized spacial score (nSPS) is 18.0. The topological polar surface area (TPSA) is 55.1 Å². The van der Waals surface area contributed by atoms with Crippen LogP contribution in [0.1, 0.15) is 36.8 Å². The van der Waals surface area contributed by atoms with Gasteiger partial charge in [-0.2, -0.15) is 26.3 Å². The molecule has 3 N–H and O–H groups in total. The van der Waals surface area contributed by atoms with Crippen LogP contribution in [0, 0.1) is 0 Å². The molecule has 0 radical (unpaired) electrons. The number of nitrogens with two attached hydrogens (primary N) is 1. The summed E-state index contributed by atoms with van der Waals surface area (Å²) in [7, 11) is 0. The Morgan fingerprint density at radius 3 is 1.78 bits per heavy atom. The highest BCUT2D eigenvalue weighted by atomic mass is 19.4. The van der Waals surface area contributed by atoms with E-state index in [-0.39, 0.29) is 6.07 Å². The molecule has 3 nitrogen and oxygen atoms in total. The summed E-state index contributed by atoms with van der Waals surface area (Å²) in [5.74, 6) is -0.776. The predicted octanol–water partition coefficient (Wildman–Crippen LogP) is 3.93. The van der Waals surface area contributed by atoms with Gasteiger partial charge in [0.25, 0.3) is 0 Å². The molecule has 23 heavy (non-hydrogen) atoms. The fraction of sp³-hybridized carbons (Fsp3) is 0.500. The molecule has 2 rings (SSSR count). The van der Waals surface area contributed by atoms with Gasteiger partial charge >= 0.3 is 12.4 Å². The lowest BCUT2D eigenvalue weighted by Gasteiger charge is -2.23. The first-order valence-electron chi connectivity index (χ1n) is 6.82. The summed E-state index contributed by atoms with van der Waals surface area (Å²) in [6.07, 6.45) is -7.89. The van der Waals surface area contributed by atoms with E-state index in [1.54, 1.807) is 0 Å². The highest BCUT2D eigenvalue weighted by Crippen LogP contribution is 2.38. The van der Waals surface area contributed by atoms with Crippen LogP contribution in [0.25, 0.3) is 0 Å². The molecule has 0 aromatic heterocycles. The Labute approximate surface area is 127 Å². The monoisotopic (exact) mass is 340 g/mol. The number of carbonyl (C=O) groups is 1. The molecular weight excluding hydrogens is 326 g/mol. The first-order valence-corrected chi connectivity index (χ1v) is 6.82. The number of alkyl halides is 6.